The van der Waals surface area contributed by atoms with E-state index in [9.17, 15) is 0 Å². The van der Waals surface area contributed by atoms with Gasteiger partial charge in [0, 0.05) is 0 Å². The smallest absolute Gasteiger partial charge is 0.107 e. The Balaban J connectivity index is 1.95. The molecule has 0 unspecified atom stereocenters. The molecular weight excluding hydrogens is 158 g/mol. The number of thiophene rings is 1. The van der Waals surface area contributed by atoms with E-state index in [2.05, 4.69) is 21.9 Å². The molecule has 11 heavy (non-hydrogen) atoms. The lowest BCUT2D eigenvalue weighted by atomic mass is 10.6. The second-order valence-electron chi connectivity index (χ2n) is 2.30. The number of anilines is 1. The van der Waals surface area contributed by atoms with E-state index in [1.165, 1.54) is 5.00 Å². The van der Waals surface area contributed by atoms with Crippen molar-refractivity contribution in [3.63, 3.8) is 0 Å². The molecule has 1 aliphatic rings. The molecule has 1 aromatic heterocycles. The van der Waals surface area contributed by atoms with Crippen LogP contribution in [0.2, 0.25) is 0 Å². The van der Waals surface area contributed by atoms with Crippen LogP contribution in [0.25, 0.3) is 0 Å². The number of nitrogens with zero attached hydrogens (tertiary/aromatic N) is 2. The van der Waals surface area contributed by atoms with Crippen LogP contribution in [0.5, 0.6) is 0 Å². The third kappa shape index (κ3) is 1.51. The Hall–Kier alpha value is -1.03. The monoisotopic (exact) mass is 167 g/mol. The van der Waals surface area contributed by atoms with Crippen molar-refractivity contribution in [1.29, 1.82) is 0 Å². The highest BCUT2D eigenvalue weighted by Crippen LogP contribution is 2.15. The van der Waals surface area contributed by atoms with Crippen molar-refractivity contribution in [2.24, 2.45) is 4.99 Å². The number of aliphatic imine (C=N–C) groups is 1. The van der Waals surface area contributed by atoms with Gasteiger partial charge in [-0.1, -0.05) is 0 Å². The molecule has 3 nitrogen and oxygen atoms in total. The van der Waals surface area contributed by atoms with Crippen molar-refractivity contribution in [2.45, 2.75) is 0 Å². The highest BCUT2D eigenvalue weighted by Gasteiger charge is 2.04. The zero-order valence-corrected chi connectivity index (χ0v) is 6.84. The highest BCUT2D eigenvalue weighted by molar-refractivity contribution is 7.14. The first-order chi connectivity index (χ1) is 5.45. The molecular formula is C7H9N3S. The van der Waals surface area contributed by atoms with Gasteiger partial charge in [0.15, 0.2) is 0 Å². The first-order valence-corrected chi connectivity index (χ1v) is 4.40. The molecule has 0 radical (unpaired) electrons. The first-order valence-electron chi connectivity index (χ1n) is 3.52. The summed E-state index contributed by atoms with van der Waals surface area (Å²) >= 11 is 1.70. The zero-order valence-electron chi connectivity index (χ0n) is 6.03. The van der Waals surface area contributed by atoms with E-state index >= 15 is 0 Å². The van der Waals surface area contributed by atoms with Crippen molar-refractivity contribution in [1.82, 2.24) is 5.01 Å². The Morgan fingerprint density at radius 3 is 3.27 bits per heavy atom. The molecule has 0 aromatic carbocycles. The summed E-state index contributed by atoms with van der Waals surface area (Å²) in [6.07, 6.45) is 1.83. The number of nitrogens with one attached hydrogen (secondary N) is 1. The second-order valence-corrected chi connectivity index (χ2v) is 3.25. The summed E-state index contributed by atoms with van der Waals surface area (Å²) in [5, 5.41) is 5.21. The summed E-state index contributed by atoms with van der Waals surface area (Å²) in [7, 11) is 0. The van der Waals surface area contributed by atoms with Crippen molar-refractivity contribution in [3.05, 3.63) is 17.5 Å². The highest BCUT2D eigenvalue weighted by atomic mass is 32.1. The largest absolute Gasteiger partial charge is 0.288 e. The zero-order chi connectivity index (χ0) is 7.52. The summed E-state index contributed by atoms with van der Waals surface area (Å²) in [5.74, 6) is 0. The maximum atomic E-state index is 4.09. The molecule has 4 heteroatoms. The molecule has 1 aromatic rings. The fraction of sp³-hybridized carbons (Fsp3) is 0.286. The van der Waals surface area contributed by atoms with Crippen LogP contribution in [-0.2, 0) is 0 Å². The molecule has 0 spiro atoms. The second kappa shape index (κ2) is 2.92. The Labute approximate surface area is 69.3 Å². The van der Waals surface area contributed by atoms with Gasteiger partial charge in [0.05, 0.1) is 13.1 Å². The first kappa shape index (κ1) is 6.67. The molecule has 1 N–H and O–H groups in total. The maximum Gasteiger partial charge on any atom is 0.107 e. The van der Waals surface area contributed by atoms with Gasteiger partial charge in [-0.05, 0) is 17.5 Å². The van der Waals surface area contributed by atoms with E-state index in [1.807, 2.05) is 17.4 Å². The van der Waals surface area contributed by atoms with E-state index in [0.29, 0.717) is 0 Å². The molecule has 0 saturated carbocycles. The SMILES string of the molecule is C1=NCCN1Nc1cccs1. The van der Waals surface area contributed by atoms with Gasteiger partial charge in [0.2, 0.25) is 0 Å². The van der Waals surface area contributed by atoms with E-state index in [-0.39, 0.29) is 0 Å². The van der Waals surface area contributed by atoms with Gasteiger partial charge in [0.1, 0.15) is 11.3 Å². The van der Waals surface area contributed by atoms with Crippen LogP contribution >= 0.6 is 11.3 Å². The van der Waals surface area contributed by atoms with E-state index in [4.69, 9.17) is 0 Å². The summed E-state index contributed by atoms with van der Waals surface area (Å²) < 4.78 is 0. The summed E-state index contributed by atoms with van der Waals surface area (Å²) in [6, 6.07) is 4.08. The van der Waals surface area contributed by atoms with Crippen LogP contribution in [-0.4, -0.2) is 24.4 Å². The van der Waals surface area contributed by atoms with Crippen LogP contribution in [0, 0.1) is 0 Å². The van der Waals surface area contributed by atoms with Gasteiger partial charge in [-0.15, -0.1) is 11.3 Å². The van der Waals surface area contributed by atoms with Gasteiger partial charge in [-0.2, -0.15) is 0 Å². The van der Waals surface area contributed by atoms with Gasteiger partial charge in [0.25, 0.3) is 0 Å². The van der Waals surface area contributed by atoms with Gasteiger partial charge in [-0.3, -0.25) is 15.4 Å². The average Bonchev–Trinajstić information content (AvgIpc) is 2.60. The number of rotatable bonds is 2. The van der Waals surface area contributed by atoms with Crippen LogP contribution in [0.1, 0.15) is 0 Å². The Kier molecular flexibility index (Phi) is 1.77. The van der Waals surface area contributed by atoms with Crippen LogP contribution < -0.4 is 5.43 Å². The topological polar surface area (TPSA) is 27.6 Å². The Morgan fingerprint density at radius 1 is 1.64 bits per heavy atom. The van der Waals surface area contributed by atoms with E-state index in [0.717, 1.165) is 13.1 Å². The predicted molar refractivity (Wildman–Crippen MR) is 48.0 cm³/mol. The minimum atomic E-state index is 0.901. The lowest BCUT2D eigenvalue weighted by Gasteiger charge is -2.14. The molecule has 2 heterocycles. The predicted octanol–water partition coefficient (Wildman–Crippen LogP) is 1.42. The maximum absolute atomic E-state index is 4.09. The fourth-order valence-corrected chi connectivity index (χ4v) is 1.58. The lowest BCUT2D eigenvalue weighted by molar-refractivity contribution is 0.560. The number of hydrogen-bond donors (Lipinski definition) is 1. The molecule has 0 atom stereocenters. The van der Waals surface area contributed by atoms with Crippen molar-refractivity contribution in [2.75, 3.05) is 18.5 Å². The lowest BCUT2D eigenvalue weighted by Crippen LogP contribution is -2.25. The van der Waals surface area contributed by atoms with Gasteiger partial charge in [-0.25, -0.2) is 0 Å². The van der Waals surface area contributed by atoms with Gasteiger partial charge < -0.3 is 0 Å². The summed E-state index contributed by atoms with van der Waals surface area (Å²) in [4.78, 5) is 4.09. The van der Waals surface area contributed by atoms with Crippen LogP contribution in [0.15, 0.2) is 22.5 Å². The quantitative estimate of drug-likeness (QED) is 0.721. The number of hydrogen-bond acceptors (Lipinski definition) is 4. The molecule has 0 amide bonds. The van der Waals surface area contributed by atoms with Crippen molar-refractivity contribution >= 4 is 22.7 Å². The van der Waals surface area contributed by atoms with E-state index < -0.39 is 0 Å². The fourth-order valence-electron chi connectivity index (χ4n) is 0.948. The molecule has 1 aliphatic heterocycles. The van der Waals surface area contributed by atoms with Crippen molar-refractivity contribution in [3.8, 4) is 0 Å². The summed E-state index contributed by atoms with van der Waals surface area (Å²) in [5.41, 5.74) is 3.22. The third-order valence-corrected chi connectivity index (χ3v) is 2.24. The molecule has 0 aliphatic carbocycles. The Morgan fingerprint density at radius 2 is 2.64 bits per heavy atom. The number of hydrazine groups is 1. The molecule has 58 valence electrons. The Bertz CT molecular complexity index is 242. The van der Waals surface area contributed by atoms with Gasteiger partial charge >= 0.3 is 0 Å². The van der Waals surface area contributed by atoms with Crippen molar-refractivity contribution < 1.29 is 0 Å². The van der Waals surface area contributed by atoms with Crippen LogP contribution in [0.3, 0.4) is 0 Å². The standard InChI is InChI=1S/C7H9N3S/c1-2-7(11-5-1)9-10-4-3-8-6-10/h1-2,5-6,9H,3-4H2. The molecule has 0 fully saturated rings. The van der Waals surface area contributed by atoms with Crippen LogP contribution in [0.4, 0.5) is 5.00 Å². The molecule has 0 saturated heterocycles. The van der Waals surface area contributed by atoms with E-state index in [1.54, 1.807) is 11.3 Å². The average molecular weight is 167 g/mol. The third-order valence-electron chi connectivity index (χ3n) is 1.47. The normalized spacial score (nSPS) is 15.8. The molecule has 2 rings (SSSR count). The minimum Gasteiger partial charge on any atom is -0.288 e. The minimum absolute atomic E-state index is 0.901. The summed E-state index contributed by atoms with van der Waals surface area (Å²) in [6.45, 7) is 1.87. The molecule has 0 bridgehead atoms.